The van der Waals surface area contributed by atoms with Crippen molar-refractivity contribution < 1.29 is 13.9 Å². The summed E-state index contributed by atoms with van der Waals surface area (Å²) in [5.41, 5.74) is 6.00. The molecule has 0 aliphatic carbocycles. The Morgan fingerprint density at radius 2 is 1.80 bits per heavy atom. The highest BCUT2D eigenvalue weighted by Crippen LogP contribution is 2.36. The molecule has 20 heavy (non-hydrogen) atoms. The van der Waals surface area contributed by atoms with E-state index in [-0.39, 0.29) is 17.5 Å². The smallest absolute Gasteiger partial charge is 0.167 e. The van der Waals surface area contributed by atoms with Gasteiger partial charge in [0.25, 0.3) is 0 Å². The van der Waals surface area contributed by atoms with E-state index in [1.54, 1.807) is 6.07 Å². The number of hydrogen-bond acceptors (Lipinski definition) is 3. The zero-order chi connectivity index (χ0) is 14.7. The van der Waals surface area contributed by atoms with Crippen LogP contribution >= 0.6 is 15.9 Å². The van der Waals surface area contributed by atoms with Gasteiger partial charge in [-0.25, -0.2) is 4.39 Å². The number of anilines is 1. The molecule has 0 aliphatic rings. The van der Waals surface area contributed by atoms with Crippen molar-refractivity contribution in [2.24, 2.45) is 0 Å². The minimum Gasteiger partial charge on any atom is -0.488 e. The molecule has 0 atom stereocenters. The van der Waals surface area contributed by atoms with Crippen molar-refractivity contribution in [2.75, 3.05) is 5.73 Å². The van der Waals surface area contributed by atoms with Crippen LogP contribution in [0, 0.1) is 5.82 Å². The molecule has 106 valence electrons. The van der Waals surface area contributed by atoms with E-state index >= 15 is 0 Å². The molecule has 0 heterocycles. The minimum absolute atomic E-state index is 0.122. The van der Waals surface area contributed by atoms with Crippen LogP contribution in [-0.4, -0.2) is 6.10 Å². The number of rotatable bonds is 4. The van der Waals surface area contributed by atoms with Crippen LogP contribution in [0.5, 0.6) is 17.2 Å². The quantitative estimate of drug-likeness (QED) is 0.817. The zero-order valence-electron chi connectivity index (χ0n) is 11.2. The fourth-order valence-corrected chi connectivity index (χ4v) is 1.99. The van der Waals surface area contributed by atoms with Gasteiger partial charge in [-0.3, -0.25) is 0 Å². The van der Waals surface area contributed by atoms with Crippen molar-refractivity contribution in [2.45, 2.75) is 20.0 Å². The number of nitrogen functional groups attached to an aromatic ring is 1. The lowest BCUT2D eigenvalue weighted by Crippen LogP contribution is -2.07. The van der Waals surface area contributed by atoms with E-state index in [9.17, 15) is 4.39 Å². The van der Waals surface area contributed by atoms with Gasteiger partial charge < -0.3 is 15.2 Å². The van der Waals surface area contributed by atoms with Crippen LogP contribution in [0.1, 0.15) is 13.8 Å². The van der Waals surface area contributed by atoms with Gasteiger partial charge in [0.15, 0.2) is 17.3 Å². The summed E-state index contributed by atoms with van der Waals surface area (Å²) in [6, 6.07) is 10.0. The van der Waals surface area contributed by atoms with E-state index in [2.05, 4.69) is 15.9 Å². The molecule has 0 spiro atoms. The van der Waals surface area contributed by atoms with Crippen molar-refractivity contribution >= 4 is 21.6 Å². The van der Waals surface area contributed by atoms with E-state index in [0.29, 0.717) is 11.5 Å². The molecule has 0 bridgehead atoms. The molecule has 2 rings (SSSR count). The predicted molar refractivity (Wildman–Crippen MR) is 80.8 cm³/mol. The van der Waals surface area contributed by atoms with Gasteiger partial charge in [-0.2, -0.15) is 0 Å². The Morgan fingerprint density at radius 3 is 2.45 bits per heavy atom. The molecule has 0 saturated carbocycles. The SMILES string of the molecule is CC(C)Oc1cc(Oc2ccccc2Br)c(N)cc1F. The van der Waals surface area contributed by atoms with Gasteiger partial charge in [-0.05, 0) is 41.9 Å². The Kier molecular flexibility index (Phi) is 4.49. The standard InChI is InChI=1S/C15H15BrFNO2/c1-9(2)19-14-8-15(12(18)7-11(14)17)20-13-6-4-3-5-10(13)16/h3-9H,18H2,1-2H3. The molecule has 2 N–H and O–H groups in total. The lowest BCUT2D eigenvalue weighted by molar-refractivity contribution is 0.230. The van der Waals surface area contributed by atoms with Gasteiger partial charge in [0.05, 0.1) is 16.3 Å². The highest BCUT2D eigenvalue weighted by molar-refractivity contribution is 9.10. The van der Waals surface area contributed by atoms with Crippen molar-refractivity contribution in [1.82, 2.24) is 0 Å². The van der Waals surface area contributed by atoms with Crippen LogP contribution in [0.3, 0.4) is 0 Å². The first-order valence-electron chi connectivity index (χ1n) is 6.15. The fraction of sp³-hybridized carbons (Fsp3) is 0.200. The maximum Gasteiger partial charge on any atom is 0.167 e. The molecular weight excluding hydrogens is 325 g/mol. The van der Waals surface area contributed by atoms with Gasteiger partial charge in [-0.15, -0.1) is 0 Å². The third-order valence-electron chi connectivity index (χ3n) is 2.48. The third-order valence-corrected chi connectivity index (χ3v) is 3.14. The largest absolute Gasteiger partial charge is 0.488 e. The molecule has 5 heteroatoms. The van der Waals surface area contributed by atoms with Crippen LogP contribution in [0.25, 0.3) is 0 Å². The van der Waals surface area contributed by atoms with E-state index in [1.807, 2.05) is 32.0 Å². The average Bonchev–Trinajstić information content (AvgIpc) is 2.37. The van der Waals surface area contributed by atoms with Crippen LogP contribution < -0.4 is 15.2 Å². The molecular formula is C15H15BrFNO2. The molecule has 2 aromatic rings. The second kappa shape index (κ2) is 6.13. The van der Waals surface area contributed by atoms with Gasteiger partial charge >= 0.3 is 0 Å². The van der Waals surface area contributed by atoms with Crippen LogP contribution in [-0.2, 0) is 0 Å². The summed E-state index contributed by atoms with van der Waals surface area (Å²) in [6.45, 7) is 3.65. The topological polar surface area (TPSA) is 44.5 Å². The van der Waals surface area contributed by atoms with Gasteiger partial charge in [-0.1, -0.05) is 12.1 Å². The van der Waals surface area contributed by atoms with Crippen molar-refractivity contribution in [3.05, 3.63) is 46.7 Å². The molecule has 3 nitrogen and oxygen atoms in total. The Labute approximate surface area is 125 Å². The molecule has 0 amide bonds. The number of nitrogens with two attached hydrogens (primary N) is 1. The average molecular weight is 340 g/mol. The van der Waals surface area contributed by atoms with E-state index in [1.165, 1.54) is 12.1 Å². The first kappa shape index (κ1) is 14.7. The van der Waals surface area contributed by atoms with E-state index in [4.69, 9.17) is 15.2 Å². The number of para-hydroxylation sites is 1. The molecule has 0 aliphatic heterocycles. The number of ether oxygens (including phenoxy) is 2. The molecule has 0 fully saturated rings. The summed E-state index contributed by atoms with van der Waals surface area (Å²) in [5.74, 6) is 0.571. The Balaban J connectivity index is 2.34. The Hall–Kier alpha value is -1.75. The summed E-state index contributed by atoms with van der Waals surface area (Å²) < 4.78 is 25.6. The third kappa shape index (κ3) is 3.42. The molecule has 0 saturated heterocycles. The summed E-state index contributed by atoms with van der Waals surface area (Å²) in [4.78, 5) is 0. The van der Waals surface area contributed by atoms with E-state index < -0.39 is 5.82 Å². The zero-order valence-corrected chi connectivity index (χ0v) is 12.8. The first-order valence-corrected chi connectivity index (χ1v) is 6.94. The number of benzene rings is 2. The second-order valence-corrected chi connectivity index (χ2v) is 5.37. The molecule has 2 aromatic carbocycles. The molecule has 0 radical (unpaired) electrons. The van der Waals surface area contributed by atoms with Crippen molar-refractivity contribution in [3.8, 4) is 17.2 Å². The highest BCUT2D eigenvalue weighted by Gasteiger charge is 2.13. The highest BCUT2D eigenvalue weighted by atomic mass is 79.9. The van der Waals surface area contributed by atoms with Crippen LogP contribution in [0.4, 0.5) is 10.1 Å². The summed E-state index contributed by atoms with van der Waals surface area (Å²) in [6.07, 6.45) is -0.135. The summed E-state index contributed by atoms with van der Waals surface area (Å²) >= 11 is 3.38. The lowest BCUT2D eigenvalue weighted by atomic mass is 10.2. The monoisotopic (exact) mass is 339 g/mol. The van der Waals surface area contributed by atoms with Crippen molar-refractivity contribution in [3.63, 3.8) is 0 Å². The Bertz CT molecular complexity index is 617. The van der Waals surface area contributed by atoms with Crippen LogP contribution in [0.15, 0.2) is 40.9 Å². The molecule has 0 unspecified atom stereocenters. The minimum atomic E-state index is -0.504. The van der Waals surface area contributed by atoms with E-state index in [0.717, 1.165) is 4.47 Å². The predicted octanol–water partition coefficient (Wildman–Crippen LogP) is 4.75. The summed E-state index contributed by atoms with van der Waals surface area (Å²) in [7, 11) is 0. The maximum atomic E-state index is 13.7. The van der Waals surface area contributed by atoms with Crippen LogP contribution in [0.2, 0.25) is 0 Å². The lowest BCUT2D eigenvalue weighted by Gasteiger charge is -2.14. The maximum absolute atomic E-state index is 13.7. The van der Waals surface area contributed by atoms with Gasteiger partial charge in [0, 0.05) is 12.1 Å². The number of halogens is 2. The van der Waals surface area contributed by atoms with Gasteiger partial charge in [0.2, 0.25) is 0 Å². The Morgan fingerprint density at radius 1 is 1.10 bits per heavy atom. The summed E-state index contributed by atoms with van der Waals surface area (Å²) in [5, 5.41) is 0. The van der Waals surface area contributed by atoms with Gasteiger partial charge in [0.1, 0.15) is 5.75 Å². The molecule has 0 aromatic heterocycles. The first-order chi connectivity index (χ1) is 9.47. The van der Waals surface area contributed by atoms with Crippen molar-refractivity contribution in [1.29, 1.82) is 0 Å². The normalized spacial score (nSPS) is 10.7. The number of hydrogen-bond donors (Lipinski definition) is 1. The second-order valence-electron chi connectivity index (χ2n) is 4.52. The fourth-order valence-electron chi connectivity index (χ4n) is 1.63.